The van der Waals surface area contributed by atoms with Crippen molar-refractivity contribution in [2.45, 2.75) is 0 Å². The van der Waals surface area contributed by atoms with Gasteiger partial charge in [0.1, 0.15) is 0 Å². The molecule has 1 heterocycles. The van der Waals surface area contributed by atoms with Crippen LogP contribution in [0.15, 0.2) is 15.4 Å². The molecule has 0 radical (unpaired) electrons. The van der Waals surface area contributed by atoms with Crippen LogP contribution in [0, 0.1) is 0 Å². The van der Waals surface area contributed by atoms with Crippen molar-refractivity contribution in [1.29, 1.82) is 0 Å². The number of nitrogens with zero attached hydrogens (tertiary/aromatic N) is 1. The van der Waals surface area contributed by atoms with Crippen LogP contribution in [0.25, 0.3) is 0 Å². The van der Waals surface area contributed by atoms with Crippen molar-refractivity contribution in [1.82, 2.24) is 0 Å². The maximum absolute atomic E-state index is 4.68. The van der Waals surface area contributed by atoms with Crippen LogP contribution in [0.2, 0.25) is 0 Å². The van der Waals surface area contributed by atoms with E-state index in [1.54, 1.807) is 6.21 Å². The predicted octanol–water partition coefficient (Wildman–Crippen LogP) is 0.135. The second-order valence-corrected chi connectivity index (χ2v) is 2.51. The zero-order valence-corrected chi connectivity index (χ0v) is 5.33. The molecule has 6 heavy (non-hydrogen) atoms. The predicted molar refractivity (Wildman–Crippen MR) is 24.5 cm³/mol. The zero-order valence-electron chi connectivity index (χ0n) is 3.00. The van der Waals surface area contributed by atoms with Crippen molar-refractivity contribution >= 4 is 27.5 Å². The molecule has 0 spiro atoms. The second kappa shape index (κ2) is 2.22. The Labute approximate surface area is 46.5 Å². The quantitative estimate of drug-likeness (QED) is 0.505. The second-order valence-electron chi connectivity index (χ2n) is 0.754. The van der Waals surface area contributed by atoms with Crippen molar-refractivity contribution in [3.05, 3.63) is 10.2 Å². The zero-order chi connectivity index (χ0) is 4.24. The van der Waals surface area contributed by atoms with E-state index in [9.17, 15) is 0 Å². The van der Waals surface area contributed by atoms with Gasteiger partial charge in [-0.1, -0.05) is 0 Å². The summed E-state index contributed by atoms with van der Waals surface area (Å²) in [5.41, 5.74) is 0. The molecule has 0 bridgehead atoms. The van der Waals surface area contributed by atoms with E-state index in [0.717, 1.165) is 0 Å². The molecule has 1 rings (SSSR count). The number of allylic oxidation sites excluding steroid dienone is 1. The number of hydrogen-bond acceptors (Lipinski definition) is 2. The van der Waals surface area contributed by atoms with Crippen LogP contribution in [0.1, 0.15) is 0 Å². The fourth-order valence-corrected chi connectivity index (χ4v) is 0.986. The van der Waals surface area contributed by atoms with Crippen LogP contribution in [0.5, 0.6) is 0 Å². The van der Waals surface area contributed by atoms with Gasteiger partial charge in [0.05, 0.1) is 0 Å². The van der Waals surface area contributed by atoms with Gasteiger partial charge in [-0.25, -0.2) is 0 Å². The normalized spacial score (nSPS) is 17.3. The van der Waals surface area contributed by atoms with Crippen molar-refractivity contribution < 1.29 is 3.20 Å². The Balaban J connectivity index is 2.46. The van der Waals surface area contributed by atoms with Crippen LogP contribution < -0.4 is 0 Å². The molecule has 2 nitrogen and oxygen atoms in total. The first-order valence-corrected chi connectivity index (χ1v) is 3.81. The SMILES string of the molecule is C1=C[Te]ON=C1. The monoisotopic (exact) mass is 199 g/mol. The van der Waals surface area contributed by atoms with Crippen LogP contribution in [0.4, 0.5) is 0 Å². The first-order chi connectivity index (χ1) is 3.00. The maximum atomic E-state index is 4.68. The van der Waals surface area contributed by atoms with Gasteiger partial charge in [-0.3, -0.25) is 0 Å². The average Bonchev–Trinajstić information content (AvgIpc) is 1.72. The van der Waals surface area contributed by atoms with Crippen LogP contribution in [0.3, 0.4) is 0 Å². The summed E-state index contributed by atoms with van der Waals surface area (Å²) in [7, 11) is 0. The van der Waals surface area contributed by atoms with E-state index >= 15 is 0 Å². The third kappa shape index (κ3) is 1.000. The van der Waals surface area contributed by atoms with Gasteiger partial charge in [0, 0.05) is 0 Å². The molecule has 0 atom stereocenters. The third-order valence-corrected chi connectivity index (χ3v) is 1.62. The minimum atomic E-state index is -0.307. The molecule has 1 aliphatic heterocycles. The molecule has 0 aromatic rings. The summed E-state index contributed by atoms with van der Waals surface area (Å²) in [5.74, 6) is 0. The Hall–Kier alpha value is -0.000390. The number of hydrogen-bond donors (Lipinski definition) is 0. The molecule has 0 amide bonds. The molecular formula is C3H3NOTe. The molecule has 3 heteroatoms. The summed E-state index contributed by atoms with van der Waals surface area (Å²) in [6.45, 7) is 0. The van der Waals surface area contributed by atoms with E-state index in [0.29, 0.717) is 0 Å². The van der Waals surface area contributed by atoms with E-state index < -0.39 is 0 Å². The average molecular weight is 197 g/mol. The van der Waals surface area contributed by atoms with E-state index in [2.05, 4.69) is 8.36 Å². The summed E-state index contributed by atoms with van der Waals surface area (Å²) < 4.78 is 6.71. The molecule has 0 aromatic carbocycles. The summed E-state index contributed by atoms with van der Waals surface area (Å²) >= 11 is -0.307. The minimum absolute atomic E-state index is 0.307. The topological polar surface area (TPSA) is 21.6 Å². The van der Waals surface area contributed by atoms with Crippen molar-refractivity contribution in [2.24, 2.45) is 5.16 Å². The molecule has 0 aromatic heterocycles. The summed E-state index contributed by atoms with van der Waals surface area (Å²) in [5, 5.41) is 3.52. The molecular weight excluding hydrogens is 194 g/mol. The van der Waals surface area contributed by atoms with Gasteiger partial charge in [-0.05, 0) is 0 Å². The standard InChI is InChI=1S/C3H3NOTe/c1-2-4-5-6-3-1/h1-3H. The summed E-state index contributed by atoms with van der Waals surface area (Å²) in [6, 6.07) is 0. The number of oxime groups is 1. The molecule has 1 aliphatic rings. The van der Waals surface area contributed by atoms with Crippen LogP contribution >= 0.6 is 0 Å². The fraction of sp³-hybridized carbons (Fsp3) is 0. The van der Waals surface area contributed by atoms with Gasteiger partial charge in [0.15, 0.2) is 0 Å². The van der Waals surface area contributed by atoms with Gasteiger partial charge in [-0.15, -0.1) is 0 Å². The fourth-order valence-electron chi connectivity index (χ4n) is 0.177. The van der Waals surface area contributed by atoms with Gasteiger partial charge >= 0.3 is 46.1 Å². The molecule has 32 valence electrons. The Morgan fingerprint density at radius 3 is 2.83 bits per heavy atom. The summed E-state index contributed by atoms with van der Waals surface area (Å²) in [6.07, 6.45) is 3.56. The summed E-state index contributed by atoms with van der Waals surface area (Å²) in [4.78, 5) is 0. The van der Waals surface area contributed by atoms with Crippen LogP contribution in [-0.4, -0.2) is 27.5 Å². The number of rotatable bonds is 0. The van der Waals surface area contributed by atoms with Gasteiger partial charge in [0.25, 0.3) is 0 Å². The first-order valence-electron chi connectivity index (χ1n) is 1.51. The van der Waals surface area contributed by atoms with Gasteiger partial charge < -0.3 is 0 Å². The van der Waals surface area contributed by atoms with Crippen molar-refractivity contribution in [2.75, 3.05) is 0 Å². The third-order valence-electron chi connectivity index (χ3n) is 0.367. The van der Waals surface area contributed by atoms with E-state index in [4.69, 9.17) is 0 Å². The van der Waals surface area contributed by atoms with E-state index in [1.807, 2.05) is 10.2 Å². The van der Waals surface area contributed by atoms with Gasteiger partial charge in [0.2, 0.25) is 0 Å². The molecule has 0 saturated heterocycles. The Kier molecular flexibility index (Phi) is 1.54. The molecule has 0 aliphatic carbocycles. The van der Waals surface area contributed by atoms with E-state index in [1.165, 1.54) is 0 Å². The van der Waals surface area contributed by atoms with Crippen LogP contribution in [-0.2, 0) is 3.20 Å². The van der Waals surface area contributed by atoms with Gasteiger partial charge in [-0.2, -0.15) is 0 Å². The van der Waals surface area contributed by atoms with E-state index in [-0.39, 0.29) is 21.3 Å². The Bertz CT molecular complexity index is 76.8. The molecule has 0 N–H and O–H groups in total. The first kappa shape index (κ1) is 4.17. The molecule has 0 fully saturated rings. The van der Waals surface area contributed by atoms with Crippen molar-refractivity contribution in [3.8, 4) is 0 Å². The molecule has 0 saturated carbocycles. The van der Waals surface area contributed by atoms with Crippen molar-refractivity contribution in [3.63, 3.8) is 0 Å². The molecule has 0 unspecified atom stereocenters. The Morgan fingerprint density at radius 2 is 2.67 bits per heavy atom. The Morgan fingerprint density at radius 1 is 1.67 bits per heavy atom.